The maximum Gasteiger partial charge on any atom is 0.124 e. The number of aliphatic hydroxyl groups is 1. The first-order valence-electron chi connectivity index (χ1n) is 4.54. The zero-order chi connectivity index (χ0) is 10.1. The Bertz CT molecular complexity index is 447. The summed E-state index contributed by atoms with van der Waals surface area (Å²) >= 11 is 1.62. The summed E-state index contributed by atoms with van der Waals surface area (Å²) in [6.07, 6.45) is 0. The van der Waals surface area contributed by atoms with Crippen LogP contribution in [0.15, 0.2) is 24.3 Å². The summed E-state index contributed by atoms with van der Waals surface area (Å²) in [4.78, 5) is 1.11. The SMILES string of the molecule is CC(CO)c1cc2c(O)cccc2s1. The molecule has 0 aliphatic carbocycles. The van der Waals surface area contributed by atoms with Crippen molar-refractivity contribution in [1.82, 2.24) is 0 Å². The van der Waals surface area contributed by atoms with Gasteiger partial charge >= 0.3 is 0 Å². The van der Waals surface area contributed by atoms with E-state index in [1.807, 2.05) is 25.1 Å². The van der Waals surface area contributed by atoms with Crippen LogP contribution in [-0.4, -0.2) is 16.8 Å². The standard InChI is InChI=1S/C11H12O2S/c1-7(6-12)11-5-8-9(13)3-2-4-10(8)14-11/h2-5,7,12-13H,6H2,1H3. The van der Waals surface area contributed by atoms with Crippen LogP contribution in [0.25, 0.3) is 10.1 Å². The van der Waals surface area contributed by atoms with Gasteiger partial charge in [-0.2, -0.15) is 0 Å². The molecule has 1 unspecified atom stereocenters. The van der Waals surface area contributed by atoms with E-state index in [1.165, 1.54) is 0 Å². The van der Waals surface area contributed by atoms with E-state index < -0.39 is 0 Å². The number of aromatic hydroxyl groups is 1. The van der Waals surface area contributed by atoms with Gasteiger partial charge in [0.25, 0.3) is 0 Å². The molecule has 3 heteroatoms. The van der Waals surface area contributed by atoms with Crippen LogP contribution in [-0.2, 0) is 0 Å². The first-order chi connectivity index (χ1) is 6.72. The van der Waals surface area contributed by atoms with Crippen LogP contribution in [0.4, 0.5) is 0 Å². The van der Waals surface area contributed by atoms with E-state index in [0.29, 0.717) is 5.75 Å². The normalized spacial score (nSPS) is 13.3. The van der Waals surface area contributed by atoms with Crippen molar-refractivity contribution in [2.45, 2.75) is 12.8 Å². The van der Waals surface area contributed by atoms with Crippen LogP contribution in [0, 0.1) is 0 Å². The van der Waals surface area contributed by atoms with Gasteiger partial charge in [0.1, 0.15) is 5.75 Å². The Labute approximate surface area is 86.4 Å². The Morgan fingerprint density at radius 2 is 2.21 bits per heavy atom. The van der Waals surface area contributed by atoms with Crippen molar-refractivity contribution in [3.05, 3.63) is 29.1 Å². The van der Waals surface area contributed by atoms with Gasteiger partial charge in [0.2, 0.25) is 0 Å². The average Bonchev–Trinajstić information content (AvgIpc) is 2.62. The molecule has 1 heterocycles. The molecule has 0 radical (unpaired) electrons. The molecule has 2 rings (SSSR count). The number of benzene rings is 1. The topological polar surface area (TPSA) is 40.5 Å². The van der Waals surface area contributed by atoms with Crippen LogP contribution >= 0.6 is 11.3 Å². The van der Waals surface area contributed by atoms with Crippen molar-refractivity contribution in [3.63, 3.8) is 0 Å². The zero-order valence-corrected chi connectivity index (χ0v) is 8.71. The number of aliphatic hydroxyl groups excluding tert-OH is 1. The van der Waals surface area contributed by atoms with E-state index in [2.05, 4.69) is 0 Å². The summed E-state index contributed by atoms with van der Waals surface area (Å²) in [6, 6.07) is 7.45. The Balaban J connectivity index is 2.56. The molecule has 1 atom stereocenters. The fourth-order valence-electron chi connectivity index (χ4n) is 1.40. The zero-order valence-electron chi connectivity index (χ0n) is 7.90. The first-order valence-corrected chi connectivity index (χ1v) is 5.36. The van der Waals surface area contributed by atoms with Gasteiger partial charge in [0.05, 0.1) is 6.61 Å². The van der Waals surface area contributed by atoms with Crippen molar-refractivity contribution in [3.8, 4) is 5.75 Å². The Hall–Kier alpha value is -1.06. The minimum absolute atomic E-state index is 0.145. The molecule has 0 aliphatic rings. The molecule has 14 heavy (non-hydrogen) atoms. The predicted octanol–water partition coefficient (Wildman–Crippen LogP) is 2.70. The second kappa shape index (κ2) is 3.59. The van der Waals surface area contributed by atoms with Crippen molar-refractivity contribution >= 4 is 21.4 Å². The molecular formula is C11H12O2S. The van der Waals surface area contributed by atoms with Crippen LogP contribution in [0.2, 0.25) is 0 Å². The molecule has 0 saturated heterocycles. The van der Waals surface area contributed by atoms with E-state index in [4.69, 9.17) is 5.11 Å². The summed E-state index contributed by atoms with van der Waals surface area (Å²) in [6.45, 7) is 2.12. The molecule has 0 spiro atoms. The lowest BCUT2D eigenvalue weighted by atomic mass is 10.1. The Morgan fingerprint density at radius 3 is 2.86 bits per heavy atom. The third-order valence-corrected chi connectivity index (χ3v) is 3.65. The largest absolute Gasteiger partial charge is 0.507 e. The van der Waals surface area contributed by atoms with Crippen molar-refractivity contribution in [2.24, 2.45) is 0 Å². The maximum absolute atomic E-state index is 9.58. The summed E-state index contributed by atoms with van der Waals surface area (Å²) in [7, 11) is 0. The average molecular weight is 208 g/mol. The highest BCUT2D eigenvalue weighted by molar-refractivity contribution is 7.19. The molecule has 74 valence electrons. The highest BCUT2D eigenvalue weighted by atomic mass is 32.1. The van der Waals surface area contributed by atoms with Crippen LogP contribution in [0.3, 0.4) is 0 Å². The van der Waals surface area contributed by atoms with Gasteiger partial charge in [0, 0.05) is 20.9 Å². The molecule has 0 amide bonds. The first kappa shape index (κ1) is 9.49. The molecule has 1 aromatic heterocycles. The summed E-state index contributed by atoms with van der Waals surface area (Å²) in [5.74, 6) is 0.460. The van der Waals surface area contributed by atoms with Crippen LogP contribution in [0.5, 0.6) is 5.75 Å². The lowest BCUT2D eigenvalue weighted by molar-refractivity contribution is 0.274. The molecule has 0 bridgehead atoms. The molecule has 2 nitrogen and oxygen atoms in total. The minimum Gasteiger partial charge on any atom is -0.507 e. The molecule has 2 N–H and O–H groups in total. The summed E-state index contributed by atoms with van der Waals surface area (Å²) in [5.41, 5.74) is 0. The van der Waals surface area contributed by atoms with Gasteiger partial charge in [0.15, 0.2) is 0 Å². The molecule has 2 aromatic rings. The van der Waals surface area contributed by atoms with E-state index in [9.17, 15) is 5.11 Å². The number of thiophene rings is 1. The molecule has 0 fully saturated rings. The second-order valence-corrected chi connectivity index (χ2v) is 4.54. The quantitative estimate of drug-likeness (QED) is 0.796. The molecule has 0 saturated carbocycles. The van der Waals surface area contributed by atoms with E-state index in [-0.39, 0.29) is 12.5 Å². The van der Waals surface area contributed by atoms with Gasteiger partial charge in [-0.1, -0.05) is 13.0 Å². The number of rotatable bonds is 2. The third-order valence-electron chi connectivity index (χ3n) is 2.32. The Kier molecular flexibility index (Phi) is 2.44. The number of phenols is 1. The lowest BCUT2D eigenvalue weighted by Crippen LogP contribution is -1.94. The molecular weight excluding hydrogens is 196 g/mol. The highest BCUT2D eigenvalue weighted by Crippen LogP contribution is 2.35. The number of fused-ring (bicyclic) bond motifs is 1. The monoisotopic (exact) mass is 208 g/mol. The predicted molar refractivity (Wildman–Crippen MR) is 59.0 cm³/mol. The van der Waals surface area contributed by atoms with Gasteiger partial charge in [-0.15, -0.1) is 11.3 Å². The summed E-state index contributed by atoms with van der Waals surface area (Å²) in [5, 5.41) is 19.5. The number of hydrogen-bond donors (Lipinski definition) is 2. The second-order valence-electron chi connectivity index (χ2n) is 3.42. The highest BCUT2D eigenvalue weighted by Gasteiger charge is 2.10. The Morgan fingerprint density at radius 1 is 1.43 bits per heavy atom. The van der Waals surface area contributed by atoms with Gasteiger partial charge in [-0.25, -0.2) is 0 Å². The molecule has 1 aromatic carbocycles. The van der Waals surface area contributed by atoms with Gasteiger partial charge in [-0.05, 0) is 18.2 Å². The van der Waals surface area contributed by atoms with Gasteiger partial charge < -0.3 is 10.2 Å². The van der Waals surface area contributed by atoms with E-state index in [1.54, 1.807) is 17.4 Å². The number of phenolic OH excluding ortho intramolecular Hbond substituents is 1. The van der Waals surface area contributed by atoms with Crippen molar-refractivity contribution in [1.29, 1.82) is 0 Å². The fraction of sp³-hybridized carbons (Fsp3) is 0.273. The van der Waals surface area contributed by atoms with E-state index >= 15 is 0 Å². The molecule has 0 aliphatic heterocycles. The summed E-state index contributed by atoms with van der Waals surface area (Å²) < 4.78 is 1.07. The van der Waals surface area contributed by atoms with Crippen LogP contribution in [0.1, 0.15) is 17.7 Å². The number of hydrogen-bond acceptors (Lipinski definition) is 3. The van der Waals surface area contributed by atoms with Crippen LogP contribution < -0.4 is 0 Å². The third kappa shape index (κ3) is 1.49. The fourth-order valence-corrected chi connectivity index (χ4v) is 2.52. The van der Waals surface area contributed by atoms with Gasteiger partial charge in [-0.3, -0.25) is 0 Å². The van der Waals surface area contributed by atoms with Crippen molar-refractivity contribution in [2.75, 3.05) is 6.61 Å². The minimum atomic E-state index is 0.145. The smallest absolute Gasteiger partial charge is 0.124 e. The van der Waals surface area contributed by atoms with Crippen molar-refractivity contribution < 1.29 is 10.2 Å². The van der Waals surface area contributed by atoms with E-state index in [0.717, 1.165) is 15.0 Å². The lowest BCUT2D eigenvalue weighted by Gasteiger charge is -2.01. The maximum atomic E-state index is 9.58.